The van der Waals surface area contributed by atoms with E-state index < -0.39 is 0 Å². The van der Waals surface area contributed by atoms with Crippen LogP contribution in [0.25, 0.3) is 11.4 Å². The van der Waals surface area contributed by atoms with Crippen molar-refractivity contribution in [3.63, 3.8) is 0 Å². The molecule has 0 saturated carbocycles. The lowest BCUT2D eigenvalue weighted by Gasteiger charge is -2.45. The molecule has 0 unspecified atom stereocenters. The molecule has 0 bridgehead atoms. The molecular weight excluding hydrogens is 394 g/mol. The lowest BCUT2D eigenvalue weighted by atomic mass is 10.1. The summed E-state index contributed by atoms with van der Waals surface area (Å²) in [5.41, 5.74) is 0.887. The predicted octanol–water partition coefficient (Wildman–Crippen LogP) is 1.46. The second-order valence-corrected chi connectivity index (χ2v) is 7.71. The Balaban J connectivity index is 1.60. The highest BCUT2D eigenvalue weighted by molar-refractivity contribution is 5.56. The number of nitrogens with zero attached hydrogens (tertiary/aromatic N) is 7. The van der Waals surface area contributed by atoms with E-state index in [1.807, 2.05) is 36.4 Å². The smallest absolute Gasteiger partial charge is 0.229 e. The summed E-state index contributed by atoms with van der Waals surface area (Å²) in [4.78, 5) is 26.9. The van der Waals surface area contributed by atoms with Gasteiger partial charge in [-0.05, 0) is 19.9 Å². The molecule has 1 fully saturated rings. The van der Waals surface area contributed by atoms with Crippen LogP contribution in [0, 0.1) is 0 Å². The van der Waals surface area contributed by atoms with Gasteiger partial charge in [-0.15, -0.1) is 0 Å². The van der Waals surface area contributed by atoms with E-state index in [0.717, 1.165) is 11.4 Å². The van der Waals surface area contributed by atoms with Gasteiger partial charge in [-0.3, -0.25) is 0 Å². The van der Waals surface area contributed by atoms with E-state index in [0.29, 0.717) is 42.9 Å². The van der Waals surface area contributed by atoms with Gasteiger partial charge in [0, 0.05) is 43.4 Å². The number of hydrogen-bond acceptors (Lipinski definition) is 9. The first-order chi connectivity index (χ1) is 15.1. The van der Waals surface area contributed by atoms with Gasteiger partial charge in [0.15, 0.2) is 11.6 Å². The predicted molar refractivity (Wildman–Crippen MR) is 118 cm³/mol. The van der Waals surface area contributed by atoms with Crippen LogP contribution in [0.5, 0.6) is 0 Å². The highest BCUT2D eigenvalue weighted by Crippen LogP contribution is 2.26. The summed E-state index contributed by atoms with van der Waals surface area (Å²) in [6, 6.07) is 11.9. The average Bonchev–Trinajstić information content (AvgIpc) is 2.79. The Morgan fingerprint density at radius 3 is 2.32 bits per heavy atom. The van der Waals surface area contributed by atoms with Crippen LogP contribution in [0.15, 0.2) is 42.6 Å². The van der Waals surface area contributed by atoms with Crippen LogP contribution in [0.1, 0.15) is 25.5 Å². The molecule has 162 valence electrons. The molecule has 0 amide bonds. The zero-order valence-corrected chi connectivity index (χ0v) is 17.8. The molecule has 2 aromatic heterocycles. The monoisotopic (exact) mass is 421 g/mol. The van der Waals surface area contributed by atoms with Crippen LogP contribution in [0.2, 0.25) is 0 Å². The average molecular weight is 422 g/mol. The summed E-state index contributed by atoms with van der Waals surface area (Å²) >= 11 is 0. The third kappa shape index (κ3) is 4.62. The molecule has 1 aliphatic rings. The molecule has 9 heteroatoms. The van der Waals surface area contributed by atoms with Crippen molar-refractivity contribution in [3.8, 4) is 11.4 Å². The minimum atomic E-state index is -0.241. The fourth-order valence-electron chi connectivity index (χ4n) is 4.03. The zero-order chi connectivity index (χ0) is 21.8. The number of anilines is 2. The van der Waals surface area contributed by atoms with Gasteiger partial charge in [0.2, 0.25) is 5.95 Å². The van der Waals surface area contributed by atoms with Gasteiger partial charge in [0.1, 0.15) is 18.2 Å². The number of aromatic nitrogens is 5. The summed E-state index contributed by atoms with van der Waals surface area (Å²) in [5.74, 6) is 2.98. The first kappa shape index (κ1) is 21.1. The van der Waals surface area contributed by atoms with Gasteiger partial charge in [-0.25, -0.2) is 15.0 Å². The number of rotatable bonds is 6. The van der Waals surface area contributed by atoms with Gasteiger partial charge in [0.25, 0.3) is 0 Å². The molecule has 1 saturated heterocycles. The van der Waals surface area contributed by atoms with Gasteiger partial charge in [-0.1, -0.05) is 30.3 Å². The summed E-state index contributed by atoms with van der Waals surface area (Å²) in [6.07, 6.45) is 2.18. The van der Waals surface area contributed by atoms with Crippen LogP contribution >= 0.6 is 0 Å². The summed E-state index contributed by atoms with van der Waals surface area (Å²) in [7, 11) is 0. The van der Waals surface area contributed by atoms with Crippen molar-refractivity contribution < 1.29 is 10.2 Å². The van der Waals surface area contributed by atoms with E-state index in [9.17, 15) is 10.2 Å². The molecule has 2 atom stereocenters. The maximum Gasteiger partial charge on any atom is 0.229 e. The van der Waals surface area contributed by atoms with Crippen LogP contribution < -0.4 is 9.80 Å². The van der Waals surface area contributed by atoms with Crippen molar-refractivity contribution in [1.82, 2.24) is 24.9 Å². The molecule has 0 spiro atoms. The SMILES string of the molecule is C[C@@H]1CN(c2nc(CO)nc(-c3ccccc3)n2)C[C@H](C)N1c1ccnc(CCO)n1. The molecule has 31 heavy (non-hydrogen) atoms. The normalized spacial score (nSPS) is 19.0. The quantitative estimate of drug-likeness (QED) is 0.611. The van der Waals surface area contributed by atoms with E-state index >= 15 is 0 Å². The third-order valence-electron chi connectivity index (χ3n) is 5.34. The van der Waals surface area contributed by atoms with Crippen molar-refractivity contribution in [2.75, 3.05) is 29.5 Å². The second kappa shape index (κ2) is 9.32. The summed E-state index contributed by atoms with van der Waals surface area (Å²) in [5, 5.41) is 18.9. The molecule has 1 aliphatic heterocycles. The fourth-order valence-corrected chi connectivity index (χ4v) is 4.03. The molecule has 2 N–H and O–H groups in total. The van der Waals surface area contributed by atoms with Crippen LogP contribution in [-0.4, -0.2) is 66.9 Å². The van der Waals surface area contributed by atoms with E-state index in [1.165, 1.54) is 0 Å². The van der Waals surface area contributed by atoms with Gasteiger partial charge in [0.05, 0.1) is 6.61 Å². The van der Waals surface area contributed by atoms with E-state index in [-0.39, 0.29) is 25.3 Å². The minimum absolute atomic E-state index is 0.0264. The van der Waals surface area contributed by atoms with E-state index in [1.54, 1.807) is 6.20 Å². The number of piperazine rings is 1. The molecular formula is C22H27N7O2. The number of benzene rings is 1. The van der Waals surface area contributed by atoms with Crippen molar-refractivity contribution in [3.05, 3.63) is 54.2 Å². The topological polar surface area (TPSA) is 111 Å². The Morgan fingerprint density at radius 2 is 1.65 bits per heavy atom. The lowest BCUT2D eigenvalue weighted by molar-refractivity contribution is 0.271. The molecule has 3 aromatic rings. The summed E-state index contributed by atoms with van der Waals surface area (Å²) in [6.45, 7) is 5.47. The first-order valence-electron chi connectivity index (χ1n) is 10.5. The summed E-state index contributed by atoms with van der Waals surface area (Å²) < 4.78 is 0. The Bertz CT molecular complexity index is 1010. The number of hydrogen-bond donors (Lipinski definition) is 2. The Labute approximate surface area is 181 Å². The van der Waals surface area contributed by atoms with E-state index in [2.05, 4.69) is 43.6 Å². The van der Waals surface area contributed by atoms with Crippen molar-refractivity contribution in [1.29, 1.82) is 0 Å². The van der Waals surface area contributed by atoms with Crippen molar-refractivity contribution in [2.45, 2.75) is 39.0 Å². The van der Waals surface area contributed by atoms with Gasteiger partial charge in [-0.2, -0.15) is 9.97 Å². The van der Waals surface area contributed by atoms with Gasteiger partial charge < -0.3 is 20.0 Å². The Hall–Kier alpha value is -3.17. The van der Waals surface area contributed by atoms with E-state index in [4.69, 9.17) is 4.98 Å². The fraction of sp³-hybridized carbons (Fsp3) is 0.409. The highest BCUT2D eigenvalue weighted by atomic mass is 16.3. The largest absolute Gasteiger partial charge is 0.396 e. The highest BCUT2D eigenvalue weighted by Gasteiger charge is 2.32. The zero-order valence-electron chi connectivity index (χ0n) is 17.8. The van der Waals surface area contributed by atoms with Crippen molar-refractivity contribution >= 4 is 11.8 Å². The van der Waals surface area contributed by atoms with Gasteiger partial charge >= 0.3 is 0 Å². The molecule has 4 rings (SSSR count). The molecule has 0 radical (unpaired) electrons. The van der Waals surface area contributed by atoms with Crippen LogP contribution in [0.4, 0.5) is 11.8 Å². The third-order valence-corrected chi connectivity index (χ3v) is 5.34. The van der Waals surface area contributed by atoms with Crippen LogP contribution in [0.3, 0.4) is 0 Å². The molecule has 3 heterocycles. The Kier molecular flexibility index (Phi) is 6.34. The number of aliphatic hydroxyl groups excluding tert-OH is 2. The Morgan fingerprint density at radius 1 is 0.903 bits per heavy atom. The second-order valence-electron chi connectivity index (χ2n) is 7.71. The molecule has 9 nitrogen and oxygen atoms in total. The maximum absolute atomic E-state index is 9.68. The molecule has 0 aliphatic carbocycles. The standard InChI is InChI=1S/C22H27N7O2/c1-15-12-28(13-16(2)29(15)20-8-10-23-18(24-20)9-11-30)22-26-19(14-31)25-21(27-22)17-6-4-3-5-7-17/h3-8,10,15-16,30-31H,9,11-14H2,1-2H3/t15-,16+. The molecule has 1 aromatic carbocycles. The van der Waals surface area contributed by atoms with Crippen molar-refractivity contribution in [2.24, 2.45) is 0 Å². The van der Waals surface area contributed by atoms with Crippen LogP contribution in [-0.2, 0) is 13.0 Å². The minimum Gasteiger partial charge on any atom is -0.396 e. The lowest BCUT2D eigenvalue weighted by Crippen LogP contribution is -2.57. The first-order valence-corrected chi connectivity index (χ1v) is 10.5. The number of aliphatic hydroxyl groups is 2. The maximum atomic E-state index is 9.68.